The lowest BCUT2D eigenvalue weighted by atomic mass is 10.1. The van der Waals surface area contributed by atoms with E-state index in [9.17, 15) is 4.79 Å². The molecule has 0 aliphatic heterocycles. The summed E-state index contributed by atoms with van der Waals surface area (Å²) in [5, 5.41) is 3.60. The molecule has 1 aromatic rings. The molecule has 0 radical (unpaired) electrons. The van der Waals surface area contributed by atoms with Crippen LogP contribution in [0, 0.1) is 0 Å². The fraction of sp³-hybridized carbons (Fsp3) is 0.357. The molecule has 0 unspecified atom stereocenters. The molecule has 3 heteroatoms. The molecule has 0 aromatic heterocycles. The van der Waals surface area contributed by atoms with Crippen LogP contribution in [0.15, 0.2) is 36.4 Å². The monoisotopic (exact) mass is 251 g/mol. The van der Waals surface area contributed by atoms with Gasteiger partial charge in [-0.1, -0.05) is 42.0 Å². The summed E-state index contributed by atoms with van der Waals surface area (Å²) < 4.78 is 0. The molecule has 0 fully saturated rings. The fourth-order valence-electron chi connectivity index (χ4n) is 1.50. The molecule has 0 heterocycles. The van der Waals surface area contributed by atoms with E-state index >= 15 is 0 Å². The Hall–Kier alpha value is -1.28. The second kappa shape index (κ2) is 7.91. The van der Waals surface area contributed by atoms with Crippen molar-refractivity contribution >= 4 is 17.5 Å². The molecule has 0 aliphatic rings. The van der Waals surface area contributed by atoms with Crippen molar-refractivity contribution in [2.75, 3.05) is 6.54 Å². The van der Waals surface area contributed by atoms with E-state index in [-0.39, 0.29) is 5.91 Å². The number of carbonyl (C=O) groups is 1. The summed E-state index contributed by atoms with van der Waals surface area (Å²) in [5.74, 6) is 0.0782. The number of rotatable bonds is 6. The van der Waals surface area contributed by atoms with Crippen molar-refractivity contribution in [3.8, 4) is 0 Å². The van der Waals surface area contributed by atoms with Gasteiger partial charge in [-0.25, -0.2) is 0 Å². The molecule has 2 nitrogen and oxygen atoms in total. The van der Waals surface area contributed by atoms with Crippen LogP contribution in [0.5, 0.6) is 0 Å². The van der Waals surface area contributed by atoms with Crippen molar-refractivity contribution in [1.29, 1.82) is 0 Å². The minimum Gasteiger partial charge on any atom is -0.356 e. The fourth-order valence-corrected chi connectivity index (χ4v) is 1.73. The first-order valence-electron chi connectivity index (χ1n) is 5.85. The second-order valence-electron chi connectivity index (χ2n) is 3.80. The molecule has 92 valence electrons. The van der Waals surface area contributed by atoms with E-state index in [2.05, 4.69) is 5.32 Å². The smallest absolute Gasteiger partial charge is 0.220 e. The second-order valence-corrected chi connectivity index (χ2v) is 4.21. The summed E-state index contributed by atoms with van der Waals surface area (Å²) in [4.78, 5) is 11.5. The number of carbonyl (C=O) groups excluding carboxylic acids is 1. The maximum atomic E-state index is 11.5. The van der Waals surface area contributed by atoms with Crippen LogP contribution in [-0.2, 0) is 11.2 Å². The number of aryl methyl sites for hydroxylation is 1. The Morgan fingerprint density at radius 1 is 1.41 bits per heavy atom. The molecule has 1 aromatic carbocycles. The molecule has 0 atom stereocenters. The van der Waals surface area contributed by atoms with E-state index < -0.39 is 0 Å². The van der Waals surface area contributed by atoms with Gasteiger partial charge < -0.3 is 5.32 Å². The zero-order chi connectivity index (χ0) is 12.5. The van der Waals surface area contributed by atoms with E-state index in [4.69, 9.17) is 11.6 Å². The van der Waals surface area contributed by atoms with Crippen LogP contribution in [0.1, 0.15) is 25.3 Å². The van der Waals surface area contributed by atoms with Gasteiger partial charge in [-0.3, -0.25) is 4.79 Å². The SMILES string of the molecule is C/C=C/CCNC(=O)CCc1ccccc1Cl. The van der Waals surface area contributed by atoms with E-state index in [0.717, 1.165) is 17.0 Å². The van der Waals surface area contributed by atoms with Gasteiger partial charge in [-0.2, -0.15) is 0 Å². The van der Waals surface area contributed by atoms with Gasteiger partial charge >= 0.3 is 0 Å². The highest BCUT2D eigenvalue weighted by atomic mass is 35.5. The van der Waals surface area contributed by atoms with Crippen LogP contribution in [0.3, 0.4) is 0 Å². The number of amides is 1. The van der Waals surface area contributed by atoms with Crippen LogP contribution in [-0.4, -0.2) is 12.5 Å². The standard InChI is InChI=1S/C14H18ClNO/c1-2-3-6-11-16-14(17)10-9-12-7-4-5-8-13(12)15/h2-5,7-8H,6,9-11H2,1H3,(H,16,17)/b3-2+. The zero-order valence-corrected chi connectivity index (χ0v) is 10.8. The largest absolute Gasteiger partial charge is 0.356 e. The van der Waals surface area contributed by atoms with Crippen molar-refractivity contribution < 1.29 is 4.79 Å². The van der Waals surface area contributed by atoms with E-state index in [0.29, 0.717) is 19.4 Å². The number of hydrogen-bond acceptors (Lipinski definition) is 1. The highest BCUT2D eigenvalue weighted by molar-refractivity contribution is 6.31. The topological polar surface area (TPSA) is 29.1 Å². The lowest BCUT2D eigenvalue weighted by Gasteiger charge is -2.05. The molecule has 0 saturated heterocycles. The Kier molecular flexibility index (Phi) is 6.41. The lowest BCUT2D eigenvalue weighted by molar-refractivity contribution is -0.121. The highest BCUT2D eigenvalue weighted by Crippen LogP contribution is 2.16. The van der Waals surface area contributed by atoms with Crippen LogP contribution in [0.2, 0.25) is 5.02 Å². The Morgan fingerprint density at radius 3 is 2.88 bits per heavy atom. The van der Waals surface area contributed by atoms with Gasteiger partial charge in [0.1, 0.15) is 0 Å². The molecule has 0 spiro atoms. The first-order valence-corrected chi connectivity index (χ1v) is 6.23. The van der Waals surface area contributed by atoms with E-state index in [1.807, 2.05) is 43.3 Å². The average molecular weight is 252 g/mol. The van der Waals surface area contributed by atoms with Gasteiger partial charge in [0, 0.05) is 18.0 Å². The number of benzene rings is 1. The summed E-state index contributed by atoms with van der Waals surface area (Å²) in [6.07, 6.45) is 6.08. The zero-order valence-electron chi connectivity index (χ0n) is 10.1. The molecule has 1 rings (SSSR count). The third-order valence-corrected chi connectivity index (χ3v) is 2.82. The van der Waals surface area contributed by atoms with Crippen molar-refractivity contribution in [3.05, 3.63) is 47.0 Å². The molecule has 0 aliphatic carbocycles. The normalized spacial score (nSPS) is 10.7. The first-order chi connectivity index (χ1) is 8.24. The maximum Gasteiger partial charge on any atom is 0.220 e. The van der Waals surface area contributed by atoms with Gasteiger partial charge in [0.2, 0.25) is 5.91 Å². The van der Waals surface area contributed by atoms with Crippen molar-refractivity contribution in [2.45, 2.75) is 26.2 Å². The predicted octanol–water partition coefficient (Wildman–Crippen LogP) is 3.36. The molecule has 17 heavy (non-hydrogen) atoms. The van der Waals surface area contributed by atoms with E-state index in [1.54, 1.807) is 0 Å². The molecule has 0 saturated carbocycles. The summed E-state index contributed by atoms with van der Waals surface area (Å²) in [6.45, 7) is 2.67. The minimum absolute atomic E-state index is 0.0782. The molecule has 1 N–H and O–H groups in total. The van der Waals surface area contributed by atoms with Crippen LogP contribution in [0.4, 0.5) is 0 Å². The van der Waals surface area contributed by atoms with Crippen molar-refractivity contribution in [2.24, 2.45) is 0 Å². The Morgan fingerprint density at radius 2 is 2.18 bits per heavy atom. The van der Waals surface area contributed by atoms with Crippen LogP contribution < -0.4 is 5.32 Å². The van der Waals surface area contributed by atoms with Crippen molar-refractivity contribution in [1.82, 2.24) is 5.32 Å². The number of nitrogens with one attached hydrogen (secondary N) is 1. The van der Waals surface area contributed by atoms with Gasteiger partial charge in [-0.15, -0.1) is 0 Å². The third-order valence-electron chi connectivity index (χ3n) is 2.45. The molecule has 0 bridgehead atoms. The number of halogens is 1. The molecular formula is C14H18ClNO. The van der Waals surface area contributed by atoms with Crippen LogP contribution >= 0.6 is 11.6 Å². The van der Waals surface area contributed by atoms with Gasteiger partial charge in [0.15, 0.2) is 0 Å². The van der Waals surface area contributed by atoms with Crippen molar-refractivity contribution in [3.63, 3.8) is 0 Å². The summed E-state index contributed by atoms with van der Waals surface area (Å²) >= 11 is 6.01. The first kappa shape index (κ1) is 13.8. The third kappa shape index (κ3) is 5.55. The lowest BCUT2D eigenvalue weighted by Crippen LogP contribution is -2.24. The average Bonchev–Trinajstić information content (AvgIpc) is 2.34. The van der Waals surface area contributed by atoms with E-state index in [1.165, 1.54) is 0 Å². The van der Waals surface area contributed by atoms with Crippen LogP contribution in [0.25, 0.3) is 0 Å². The number of hydrogen-bond donors (Lipinski definition) is 1. The maximum absolute atomic E-state index is 11.5. The Balaban J connectivity index is 2.26. The van der Waals surface area contributed by atoms with Gasteiger partial charge in [0.25, 0.3) is 0 Å². The van der Waals surface area contributed by atoms with Gasteiger partial charge in [-0.05, 0) is 31.4 Å². The summed E-state index contributed by atoms with van der Waals surface area (Å²) in [6, 6.07) is 7.63. The summed E-state index contributed by atoms with van der Waals surface area (Å²) in [5.41, 5.74) is 1.03. The predicted molar refractivity (Wildman–Crippen MR) is 72.2 cm³/mol. The molecule has 1 amide bonds. The quantitative estimate of drug-likeness (QED) is 0.610. The minimum atomic E-state index is 0.0782. The van der Waals surface area contributed by atoms with Gasteiger partial charge in [0.05, 0.1) is 0 Å². The highest BCUT2D eigenvalue weighted by Gasteiger charge is 2.03. The summed E-state index contributed by atoms with van der Waals surface area (Å²) in [7, 11) is 0. The molecular weight excluding hydrogens is 234 g/mol. The number of allylic oxidation sites excluding steroid dienone is 1. The Labute approximate surface area is 108 Å². The Bertz CT molecular complexity index is 388.